The molecule has 4 atom stereocenters. The van der Waals surface area contributed by atoms with Crippen LogP contribution in [-0.4, -0.2) is 54.5 Å². The van der Waals surface area contributed by atoms with E-state index in [1.54, 1.807) is 72.8 Å². The van der Waals surface area contributed by atoms with Gasteiger partial charge < -0.3 is 25.4 Å². The fourth-order valence-corrected chi connectivity index (χ4v) is 8.95. The number of benzene rings is 3. The predicted molar refractivity (Wildman–Crippen MR) is 186 cm³/mol. The summed E-state index contributed by atoms with van der Waals surface area (Å²) in [5, 5.41) is 10.6. The molecule has 48 heavy (non-hydrogen) atoms. The molecule has 2 amide bonds. The molecule has 0 aromatic heterocycles. The Morgan fingerprint density at radius 1 is 0.938 bits per heavy atom. The van der Waals surface area contributed by atoms with Crippen LogP contribution in [0.1, 0.15) is 73.8 Å². The van der Waals surface area contributed by atoms with E-state index >= 15 is 0 Å². The van der Waals surface area contributed by atoms with Crippen molar-refractivity contribution in [2.45, 2.75) is 75.0 Å². The van der Waals surface area contributed by atoms with E-state index in [4.69, 9.17) is 15.7 Å². The first-order valence-electron chi connectivity index (χ1n) is 16.4. The Bertz CT molecular complexity index is 1640. The van der Waals surface area contributed by atoms with Crippen molar-refractivity contribution in [1.82, 2.24) is 14.9 Å². The van der Waals surface area contributed by atoms with Crippen LogP contribution in [0.4, 0.5) is 0 Å². The molecule has 256 valence electrons. The molecule has 1 aliphatic heterocycles. The van der Waals surface area contributed by atoms with Crippen molar-refractivity contribution in [2.24, 2.45) is 11.7 Å². The maximum atomic E-state index is 14.2. The second-order valence-corrected chi connectivity index (χ2v) is 15.6. The number of nitrogens with one attached hydrogen (secondary N) is 3. The highest BCUT2D eigenvalue weighted by Gasteiger charge is 2.41. The number of amidine groups is 1. The molecule has 1 saturated heterocycles. The number of rotatable bonds is 14. The third-order valence-corrected chi connectivity index (χ3v) is 11.6. The van der Waals surface area contributed by atoms with Crippen molar-refractivity contribution >= 4 is 36.0 Å². The molecular formula is C35H44N5O6PS. The molecule has 3 aromatic carbocycles. The average molecular weight is 694 g/mol. The number of likely N-dealkylation sites (tertiary alicyclic amines) is 1. The second-order valence-electron chi connectivity index (χ2n) is 12.5. The number of carbonyl (C=O) groups is 2. The molecule has 13 heteroatoms. The Kier molecular flexibility index (Phi) is 12.2. The van der Waals surface area contributed by atoms with Crippen molar-refractivity contribution in [1.29, 1.82) is 5.41 Å². The largest absolute Gasteiger partial charge is 0.446 e. The lowest BCUT2D eigenvalue weighted by Gasteiger charge is -2.32. The van der Waals surface area contributed by atoms with Gasteiger partial charge in [-0.05, 0) is 48.4 Å². The maximum Gasteiger partial charge on any atom is 0.256 e. The molecule has 1 heterocycles. The Labute approximate surface area is 283 Å². The van der Waals surface area contributed by atoms with Gasteiger partial charge in [-0.1, -0.05) is 105 Å². The van der Waals surface area contributed by atoms with Gasteiger partial charge in [0.05, 0.1) is 5.75 Å². The summed E-state index contributed by atoms with van der Waals surface area (Å²) in [6, 6.07) is 22.3. The third kappa shape index (κ3) is 9.63. The van der Waals surface area contributed by atoms with E-state index in [0.717, 1.165) is 32.1 Å². The average Bonchev–Trinajstić information content (AvgIpc) is 3.58. The Balaban J connectivity index is 1.35. The predicted octanol–water partition coefficient (Wildman–Crippen LogP) is 4.92. The van der Waals surface area contributed by atoms with Crippen LogP contribution in [0, 0.1) is 11.3 Å². The molecule has 3 aromatic rings. The second kappa shape index (κ2) is 16.5. The van der Waals surface area contributed by atoms with Gasteiger partial charge in [0, 0.05) is 12.1 Å². The summed E-state index contributed by atoms with van der Waals surface area (Å²) in [6.07, 6.45) is 6.41. The van der Waals surface area contributed by atoms with Crippen molar-refractivity contribution in [3.8, 4) is 5.75 Å². The number of hydrogen-bond acceptors (Lipinski definition) is 7. The standard InChI is InChI=1S/C35H44N5O6PS/c36-32(37)27-18-20-28(21-19-27)34(47(43)46-29-15-8-3-9-16-29)38-33(41)31-17-10-22-40(31)35(42)30(23-25-11-4-1-5-12-25)39-48(44,45)24-26-13-6-2-7-14-26/h2-3,6-9,13-16,18-21,25,30-31,34,39,43H,1,4-5,10-12,17,22-24H2,(H3,36,37)(H,38,41)/t30-,31+,34-,47-/m1/s1. The summed E-state index contributed by atoms with van der Waals surface area (Å²) < 4.78 is 35.3. The van der Waals surface area contributed by atoms with Crippen LogP contribution in [0.15, 0.2) is 84.9 Å². The summed E-state index contributed by atoms with van der Waals surface area (Å²) in [7, 11) is -6.15. The lowest BCUT2D eigenvalue weighted by Crippen LogP contribution is -2.54. The number of carbonyl (C=O) groups excluding carboxylic acids is 2. The van der Waals surface area contributed by atoms with Gasteiger partial charge >= 0.3 is 0 Å². The fourth-order valence-electron chi connectivity index (χ4n) is 6.49. The first kappa shape index (κ1) is 35.5. The number of nitrogen functional groups attached to an aromatic ring is 1. The number of sulfonamides is 1. The Morgan fingerprint density at radius 2 is 1.58 bits per heavy atom. The molecule has 0 spiro atoms. The van der Waals surface area contributed by atoms with Crippen molar-refractivity contribution in [3.63, 3.8) is 0 Å². The molecule has 0 bridgehead atoms. The molecule has 1 aliphatic carbocycles. The molecule has 0 radical (unpaired) electrons. The minimum absolute atomic E-state index is 0.115. The molecule has 2 fully saturated rings. The summed E-state index contributed by atoms with van der Waals surface area (Å²) in [5.41, 5.74) is 7.28. The smallest absolute Gasteiger partial charge is 0.256 e. The first-order valence-corrected chi connectivity index (χ1v) is 19.3. The summed E-state index contributed by atoms with van der Waals surface area (Å²) in [4.78, 5) is 40.9. The van der Waals surface area contributed by atoms with E-state index in [0.29, 0.717) is 48.2 Å². The maximum absolute atomic E-state index is 14.2. The molecule has 1 saturated carbocycles. The van der Waals surface area contributed by atoms with Gasteiger partial charge in [0.2, 0.25) is 21.8 Å². The van der Waals surface area contributed by atoms with Crippen molar-refractivity contribution in [2.75, 3.05) is 6.54 Å². The van der Waals surface area contributed by atoms with E-state index < -0.39 is 48.1 Å². The molecule has 6 N–H and O–H groups in total. The number of amides is 2. The minimum Gasteiger partial charge on any atom is -0.446 e. The number of hydrogen-bond donors (Lipinski definition) is 5. The van der Waals surface area contributed by atoms with Gasteiger partial charge in [0.1, 0.15) is 29.5 Å². The van der Waals surface area contributed by atoms with E-state index in [9.17, 15) is 22.9 Å². The van der Waals surface area contributed by atoms with Crippen molar-refractivity contribution < 1.29 is 27.4 Å². The Morgan fingerprint density at radius 3 is 2.23 bits per heavy atom. The lowest BCUT2D eigenvalue weighted by molar-refractivity contribution is -0.140. The van der Waals surface area contributed by atoms with Crippen LogP contribution in [0.3, 0.4) is 0 Å². The van der Waals surface area contributed by atoms with Crippen molar-refractivity contribution in [3.05, 3.63) is 102 Å². The normalized spacial score (nSPS) is 18.9. The van der Waals surface area contributed by atoms with Gasteiger partial charge in [0.15, 0.2) is 0 Å². The number of nitrogens with zero attached hydrogens (tertiary/aromatic N) is 1. The third-order valence-electron chi connectivity index (χ3n) is 8.93. The fraction of sp³-hybridized carbons (Fsp3) is 0.400. The highest BCUT2D eigenvalue weighted by Crippen LogP contribution is 2.47. The molecule has 0 unspecified atom stereocenters. The SMILES string of the molecule is N=C(N)c1ccc([C@H](NC(=O)[C@@H]2CCCN2C(=O)[C@@H](CC2CCCCC2)NS(=O)(=O)Cc2ccccc2)[P@](O)Oc2ccccc2)cc1. The first-order chi connectivity index (χ1) is 23.1. The van der Waals surface area contributed by atoms with Gasteiger partial charge in [-0.15, -0.1) is 0 Å². The van der Waals surface area contributed by atoms with Crippen LogP contribution in [-0.2, 0) is 25.4 Å². The van der Waals surface area contributed by atoms with E-state index in [2.05, 4.69) is 10.0 Å². The zero-order valence-electron chi connectivity index (χ0n) is 26.8. The minimum atomic E-state index is -3.87. The van der Waals surface area contributed by atoms with Crippen LogP contribution in [0.5, 0.6) is 5.75 Å². The highest BCUT2D eigenvalue weighted by molar-refractivity contribution is 7.88. The Hall–Kier alpha value is -3.83. The quantitative estimate of drug-likeness (QED) is 0.0905. The topological polar surface area (TPSA) is 175 Å². The lowest BCUT2D eigenvalue weighted by atomic mass is 9.84. The zero-order chi connectivity index (χ0) is 34.1. The van der Waals surface area contributed by atoms with Gasteiger partial charge in [-0.3, -0.25) is 15.0 Å². The van der Waals surface area contributed by atoms with Gasteiger partial charge in [0.25, 0.3) is 8.38 Å². The van der Waals surface area contributed by atoms with Crippen LogP contribution in [0.25, 0.3) is 0 Å². The monoisotopic (exact) mass is 693 g/mol. The van der Waals surface area contributed by atoms with Crippen LogP contribution in [0.2, 0.25) is 0 Å². The van der Waals surface area contributed by atoms with E-state index in [-0.39, 0.29) is 17.5 Å². The molecule has 2 aliphatic rings. The molecule has 5 rings (SSSR count). The van der Waals surface area contributed by atoms with E-state index in [1.807, 2.05) is 12.1 Å². The summed E-state index contributed by atoms with van der Waals surface area (Å²) in [6.45, 7) is 0.310. The van der Waals surface area contributed by atoms with Gasteiger partial charge in [-0.25, -0.2) is 13.1 Å². The van der Waals surface area contributed by atoms with Crippen LogP contribution < -0.4 is 20.3 Å². The molecule has 11 nitrogen and oxygen atoms in total. The molecular weight excluding hydrogens is 649 g/mol. The zero-order valence-corrected chi connectivity index (χ0v) is 28.5. The number of nitrogens with two attached hydrogens (primary N) is 1. The highest BCUT2D eigenvalue weighted by atomic mass is 32.2. The number of para-hydroxylation sites is 1. The van der Waals surface area contributed by atoms with E-state index in [1.165, 1.54) is 4.90 Å². The van der Waals surface area contributed by atoms with Crippen LogP contribution >= 0.6 is 8.38 Å². The van der Waals surface area contributed by atoms with Gasteiger partial charge in [-0.2, -0.15) is 0 Å². The summed E-state index contributed by atoms with van der Waals surface area (Å²) >= 11 is 0. The summed E-state index contributed by atoms with van der Waals surface area (Å²) in [5.74, 6) is -1.58.